The summed E-state index contributed by atoms with van der Waals surface area (Å²) in [6.45, 7) is 2.01. The van der Waals surface area contributed by atoms with Gasteiger partial charge in [0.2, 0.25) is 0 Å². The van der Waals surface area contributed by atoms with Crippen LogP contribution in [0.3, 0.4) is 0 Å². The zero-order valence-electron chi connectivity index (χ0n) is 8.23. The van der Waals surface area contributed by atoms with Crippen molar-refractivity contribution in [3.05, 3.63) is 11.9 Å². The number of esters is 1. The Hall–Kier alpha value is -1.07. The zero-order chi connectivity index (χ0) is 11.9. The van der Waals surface area contributed by atoms with Gasteiger partial charge in [0, 0.05) is 6.42 Å². The fraction of sp³-hybridized carbons (Fsp3) is 0.667. The molecule has 15 heavy (non-hydrogen) atoms. The molecule has 88 valence electrons. The Morgan fingerprint density at radius 2 is 2.00 bits per heavy atom. The van der Waals surface area contributed by atoms with Crippen LogP contribution >= 0.6 is 0 Å². The summed E-state index contributed by atoms with van der Waals surface area (Å²) in [6, 6.07) is 0. The third kappa shape index (κ3) is 6.93. The van der Waals surface area contributed by atoms with E-state index in [1.807, 2.05) is 0 Å². The molecule has 0 spiro atoms. The second kappa shape index (κ2) is 6.42. The van der Waals surface area contributed by atoms with Gasteiger partial charge in [-0.2, -0.15) is 13.2 Å². The molecular formula is C9H12F4O2. The van der Waals surface area contributed by atoms with Crippen LogP contribution in [0.5, 0.6) is 0 Å². The summed E-state index contributed by atoms with van der Waals surface area (Å²) in [7, 11) is 0. The Morgan fingerprint density at radius 1 is 1.40 bits per heavy atom. The van der Waals surface area contributed by atoms with Crippen LogP contribution in [-0.2, 0) is 9.53 Å². The van der Waals surface area contributed by atoms with Gasteiger partial charge in [-0.15, -0.1) is 0 Å². The number of halogens is 4. The average molecular weight is 228 g/mol. The lowest BCUT2D eigenvalue weighted by atomic mass is 10.3. The lowest BCUT2D eigenvalue weighted by Gasteiger charge is -2.03. The maximum atomic E-state index is 12.2. The predicted octanol–water partition coefficient (Wildman–Crippen LogP) is 3.14. The van der Waals surface area contributed by atoms with Gasteiger partial charge in [0.1, 0.15) is 0 Å². The van der Waals surface area contributed by atoms with Crippen molar-refractivity contribution in [1.29, 1.82) is 0 Å². The first-order valence-corrected chi connectivity index (χ1v) is 4.46. The normalized spacial score (nSPS) is 12.7. The molecule has 0 rings (SSSR count). The fourth-order valence-electron chi connectivity index (χ4n) is 0.721. The van der Waals surface area contributed by atoms with Crippen LogP contribution in [0.2, 0.25) is 0 Å². The Labute approximate surface area is 84.9 Å². The minimum atomic E-state index is -4.96. The van der Waals surface area contributed by atoms with Crippen LogP contribution < -0.4 is 0 Å². The summed E-state index contributed by atoms with van der Waals surface area (Å²) in [5.41, 5.74) is 0. The van der Waals surface area contributed by atoms with Crippen LogP contribution in [0.1, 0.15) is 26.2 Å². The molecule has 0 aromatic heterocycles. The summed E-state index contributed by atoms with van der Waals surface area (Å²) >= 11 is 0. The minimum Gasteiger partial charge on any atom is -0.466 e. The number of hydrogen-bond acceptors (Lipinski definition) is 2. The molecule has 0 saturated heterocycles. The highest BCUT2D eigenvalue weighted by Crippen LogP contribution is 2.26. The number of carbonyl (C=O) groups is 1. The van der Waals surface area contributed by atoms with E-state index in [-0.39, 0.29) is 19.4 Å². The standard InChI is InChI=1S/C9H12F4O2/c1-2-6-15-8(14)5-3-4-7(10)9(11,12)13/h4H,2-3,5-6H2,1H3. The van der Waals surface area contributed by atoms with Gasteiger partial charge in [0.25, 0.3) is 0 Å². The van der Waals surface area contributed by atoms with Gasteiger partial charge in [0.15, 0.2) is 5.83 Å². The molecule has 0 atom stereocenters. The monoisotopic (exact) mass is 228 g/mol. The van der Waals surface area contributed by atoms with E-state index >= 15 is 0 Å². The molecule has 0 saturated carbocycles. The molecule has 6 heteroatoms. The van der Waals surface area contributed by atoms with E-state index in [0.717, 1.165) is 0 Å². The lowest BCUT2D eigenvalue weighted by molar-refractivity contribution is -0.143. The topological polar surface area (TPSA) is 26.3 Å². The highest BCUT2D eigenvalue weighted by Gasteiger charge is 2.33. The van der Waals surface area contributed by atoms with Gasteiger partial charge in [0.05, 0.1) is 6.61 Å². The van der Waals surface area contributed by atoms with E-state index in [1.54, 1.807) is 6.92 Å². The molecular weight excluding hydrogens is 216 g/mol. The number of rotatable bonds is 5. The molecule has 0 radical (unpaired) electrons. The largest absolute Gasteiger partial charge is 0.466 e. The molecule has 0 unspecified atom stereocenters. The van der Waals surface area contributed by atoms with Crippen molar-refractivity contribution in [2.24, 2.45) is 0 Å². The first kappa shape index (κ1) is 13.9. The van der Waals surface area contributed by atoms with E-state index < -0.39 is 18.0 Å². The Balaban J connectivity index is 3.83. The summed E-state index contributed by atoms with van der Waals surface area (Å²) in [6.07, 6.45) is -4.55. The molecule has 0 aromatic carbocycles. The minimum absolute atomic E-state index is 0.226. The zero-order valence-corrected chi connectivity index (χ0v) is 8.23. The van der Waals surface area contributed by atoms with Crippen LogP contribution in [0.25, 0.3) is 0 Å². The molecule has 0 amide bonds. The number of alkyl halides is 3. The van der Waals surface area contributed by atoms with E-state index in [9.17, 15) is 22.4 Å². The first-order chi connectivity index (χ1) is 6.88. The maximum Gasteiger partial charge on any atom is 0.442 e. The molecule has 0 aromatic rings. The number of allylic oxidation sites excluding steroid dienone is 2. The quantitative estimate of drug-likeness (QED) is 0.533. The molecule has 0 bridgehead atoms. The second-order valence-electron chi connectivity index (χ2n) is 2.81. The molecule has 0 heterocycles. The van der Waals surface area contributed by atoms with Crippen molar-refractivity contribution in [3.63, 3.8) is 0 Å². The molecule has 0 N–H and O–H groups in total. The molecule has 2 nitrogen and oxygen atoms in total. The van der Waals surface area contributed by atoms with E-state index in [1.165, 1.54) is 0 Å². The van der Waals surface area contributed by atoms with Gasteiger partial charge in [-0.3, -0.25) is 4.79 Å². The van der Waals surface area contributed by atoms with Crippen molar-refractivity contribution in [1.82, 2.24) is 0 Å². The Bertz CT molecular complexity index is 233. The van der Waals surface area contributed by atoms with Gasteiger partial charge in [-0.05, 0) is 18.9 Å². The third-order valence-corrected chi connectivity index (χ3v) is 1.41. The highest BCUT2D eigenvalue weighted by molar-refractivity contribution is 5.69. The van der Waals surface area contributed by atoms with E-state index in [2.05, 4.69) is 4.74 Å². The third-order valence-electron chi connectivity index (χ3n) is 1.41. The SMILES string of the molecule is CCCOC(=O)CCC=C(F)C(F)(F)F. The van der Waals surface area contributed by atoms with Crippen molar-refractivity contribution in [2.45, 2.75) is 32.4 Å². The van der Waals surface area contributed by atoms with Crippen molar-refractivity contribution in [2.75, 3.05) is 6.61 Å². The summed E-state index contributed by atoms with van der Waals surface area (Å²) in [5.74, 6) is -2.80. The number of carbonyl (C=O) groups excluding carboxylic acids is 1. The predicted molar refractivity (Wildman–Crippen MR) is 45.7 cm³/mol. The maximum absolute atomic E-state index is 12.2. The first-order valence-electron chi connectivity index (χ1n) is 4.46. The van der Waals surface area contributed by atoms with Gasteiger partial charge in [-0.1, -0.05) is 6.92 Å². The number of ether oxygens (including phenoxy) is 1. The van der Waals surface area contributed by atoms with Crippen LogP contribution in [-0.4, -0.2) is 18.8 Å². The molecule has 0 aliphatic rings. The lowest BCUT2D eigenvalue weighted by Crippen LogP contribution is -2.08. The average Bonchev–Trinajstić information content (AvgIpc) is 2.13. The molecule has 0 aliphatic carbocycles. The molecule has 0 aliphatic heterocycles. The Morgan fingerprint density at radius 3 is 2.47 bits per heavy atom. The van der Waals surface area contributed by atoms with Crippen LogP contribution in [0.15, 0.2) is 11.9 Å². The van der Waals surface area contributed by atoms with Gasteiger partial charge in [-0.25, -0.2) is 4.39 Å². The summed E-state index contributed by atoms with van der Waals surface area (Å²) in [5, 5.41) is 0. The van der Waals surface area contributed by atoms with Gasteiger partial charge < -0.3 is 4.74 Å². The van der Waals surface area contributed by atoms with Crippen molar-refractivity contribution < 1.29 is 27.1 Å². The van der Waals surface area contributed by atoms with E-state index in [0.29, 0.717) is 12.5 Å². The highest BCUT2D eigenvalue weighted by atomic mass is 19.4. The smallest absolute Gasteiger partial charge is 0.442 e. The van der Waals surface area contributed by atoms with Crippen LogP contribution in [0, 0.1) is 0 Å². The molecule has 0 fully saturated rings. The van der Waals surface area contributed by atoms with Crippen molar-refractivity contribution in [3.8, 4) is 0 Å². The Kier molecular flexibility index (Phi) is 5.96. The summed E-state index contributed by atoms with van der Waals surface area (Å²) in [4.78, 5) is 10.8. The fourth-order valence-corrected chi connectivity index (χ4v) is 0.721. The van der Waals surface area contributed by atoms with E-state index in [4.69, 9.17) is 0 Å². The van der Waals surface area contributed by atoms with Crippen molar-refractivity contribution >= 4 is 5.97 Å². The van der Waals surface area contributed by atoms with Crippen LogP contribution in [0.4, 0.5) is 17.6 Å². The summed E-state index contributed by atoms with van der Waals surface area (Å²) < 4.78 is 51.6. The number of hydrogen-bond donors (Lipinski definition) is 0. The van der Waals surface area contributed by atoms with Gasteiger partial charge >= 0.3 is 12.1 Å². The second-order valence-corrected chi connectivity index (χ2v) is 2.81.